The normalized spacial score (nSPS) is 20.8. The van der Waals surface area contributed by atoms with E-state index in [0.717, 1.165) is 23.4 Å². The smallest absolute Gasteiger partial charge is 0.222 e. The number of ether oxygens (including phenoxy) is 1. The van der Waals surface area contributed by atoms with Crippen LogP contribution in [0.5, 0.6) is 5.75 Å². The number of nitrogens with zero attached hydrogens (tertiary/aromatic N) is 3. The average molecular weight is 342 g/mol. The van der Waals surface area contributed by atoms with Crippen LogP contribution in [-0.4, -0.2) is 40.8 Å². The third-order valence-electron chi connectivity index (χ3n) is 5.01. The number of amides is 1. The topological polar surface area (TPSA) is 59.4 Å². The molecular formula is C19H26N4O2. The van der Waals surface area contributed by atoms with Crippen LogP contribution in [0.3, 0.4) is 0 Å². The highest BCUT2D eigenvalue weighted by molar-refractivity contribution is 5.77. The first-order valence-electron chi connectivity index (χ1n) is 8.61. The second kappa shape index (κ2) is 7.27. The minimum absolute atomic E-state index is 0.0236. The van der Waals surface area contributed by atoms with Gasteiger partial charge in [-0.15, -0.1) is 0 Å². The Morgan fingerprint density at radius 3 is 2.80 bits per heavy atom. The summed E-state index contributed by atoms with van der Waals surface area (Å²) in [6, 6.07) is 8.33. The van der Waals surface area contributed by atoms with Crippen molar-refractivity contribution < 1.29 is 9.53 Å². The molecule has 6 nitrogen and oxygen atoms in total. The Labute approximate surface area is 148 Å². The third kappa shape index (κ3) is 3.54. The van der Waals surface area contributed by atoms with Gasteiger partial charge in [-0.1, -0.05) is 17.7 Å². The van der Waals surface area contributed by atoms with E-state index in [1.54, 1.807) is 13.3 Å². The first kappa shape index (κ1) is 17.5. The molecule has 3 rings (SSSR count). The number of likely N-dealkylation sites (N-methyl/N-ethyl adjacent to an activating group) is 1. The lowest BCUT2D eigenvalue weighted by Crippen LogP contribution is -2.49. The molecule has 1 amide bonds. The second-order valence-corrected chi connectivity index (χ2v) is 6.67. The summed E-state index contributed by atoms with van der Waals surface area (Å²) in [6.07, 6.45) is 3.16. The zero-order chi connectivity index (χ0) is 18.0. The van der Waals surface area contributed by atoms with Gasteiger partial charge >= 0.3 is 0 Å². The number of nitrogens with one attached hydrogen (secondary N) is 1. The van der Waals surface area contributed by atoms with Crippen LogP contribution in [0.1, 0.15) is 35.7 Å². The summed E-state index contributed by atoms with van der Waals surface area (Å²) in [4.78, 5) is 14.1. The quantitative estimate of drug-likeness (QED) is 0.905. The van der Waals surface area contributed by atoms with Crippen LogP contribution in [-0.2, 0) is 18.4 Å². The Morgan fingerprint density at radius 2 is 2.12 bits per heavy atom. The van der Waals surface area contributed by atoms with Crippen LogP contribution in [0.25, 0.3) is 0 Å². The lowest BCUT2D eigenvalue weighted by molar-refractivity contribution is -0.136. The SMILES string of the molecule is COc1ccc(C)cc1CN[C@@H]1CCC(=O)N(C)[C@H]1c1ccnn1C. The van der Waals surface area contributed by atoms with Crippen molar-refractivity contribution in [1.82, 2.24) is 20.0 Å². The van der Waals surface area contributed by atoms with E-state index in [2.05, 4.69) is 23.4 Å². The molecule has 6 heteroatoms. The van der Waals surface area contributed by atoms with E-state index in [1.165, 1.54) is 5.56 Å². The van der Waals surface area contributed by atoms with E-state index >= 15 is 0 Å². The molecule has 1 aromatic carbocycles. The molecule has 1 aliphatic heterocycles. The summed E-state index contributed by atoms with van der Waals surface area (Å²) in [5, 5.41) is 7.92. The Balaban J connectivity index is 1.81. The van der Waals surface area contributed by atoms with Gasteiger partial charge in [0.25, 0.3) is 0 Å². The van der Waals surface area contributed by atoms with E-state index in [1.807, 2.05) is 41.9 Å². The Morgan fingerprint density at radius 1 is 1.32 bits per heavy atom. The molecule has 134 valence electrons. The molecule has 25 heavy (non-hydrogen) atoms. The van der Waals surface area contributed by atoms with Gasteiger partial charge in [-0.05, 0) is 25.5 Å². The van der Waals surface area contributed by atoms with Crippen molar-refractivity contribution in [3.05, 3.63) is 47.3 Å². The first-order valence-corrected chi connectivity index (χ1v) is 8.61. The molecule has 0 saturated carbocycles. The number of aryl methyl sites for hydroxylation is 2. The largest absolute Gasteiger partial charge is 0.496 e. The van der Waals surface area contributed by atoms with E-state index in [4.69, 9.17) is 4.74 Å². The number of aromatic nitrogens is 2. The van der Waals surface area contributed by atoms with Gasteiger partial charge in [-0.3, -0.25) is 9.48 Å². The van der Waals surface area contributed by atoms with Crippen LogP contribution >= 0.6 is 0 Å². The first-order chi connectivity index (χ1) is 12.0. The van der Waals surface area contributed by atoms with Gasteiger partial charge < -0.3 is 15.0 Å². The van der Waals surface area contributed by atoms with Crippen molar-refractivity contribution in [3.8, 4) is 5.75 Å². The highest BCUT2D eigenvalue weighted by atomic mass is 16.5. The minimum Gasteiger partial charge on any atom is -0.496 e. The molecule has 2 heterocycles. The van der Waals surface area contributed by atoms with Crippen molar-refractivity contribution in [2.24, 2.45) is 7.05 Å². The molecule has 0 unspecified atom stereocenters. The van der Waals surface area contributed by atoms with Gasteiger partial charge in [0.15, 0.2) is 0 Å². The van der Waals surface area contributed by atoms with E-state index in [9.17, 15) is 4.79 Å². The summed E-state index contributed by atoms with van der Waals surface area (Å²) in [6.45, 7) is 2.78. The number of carbonyl (C=O) groups excluding carboxylic acids is 1. The maximum atomic E-state index is 12.2. The fourth-order valence-electron chi connectivity index (χ4n) is 3.62. The van der Waals surface area contributed by atoms with E-state index < -0.39 is 0 Å². The van der Waals surface area contributed by atoms with Gasteiger partial charge in [0.05, 0.1) is 18.8 Å². The van der Waals surface area contributed by atoms with Crippen molar-refractivity contribution in [1.29, 1.82) is 0 Å². The number of likely N-dealkylation sites (tertiary alicyclic amines) is 1. The number of carbonyl (C=O) groups is 1. The molecule has 0 radical (unpaired) electrons. The molecule has 1 saturated heterocycles. The minimum atomic E-state index is -0.0236. The van der Waals surface area contributed by atoms with Gasteiger partial charge in [0, 0.05) is 44.9 Å². The fraction of sp³-hybridized carbons (Fsp3) is 0.474. The Bertz CT molecular complexity index is 756. The van der Waals surface area contributed by atoms with Gasteiger partial charge in [-0.2, -0.15) is 5.10 Å². The van der Waals surface area contributed by atoms with Gasteiger partial charge in [0.2, 0.25) is 5.91 Å². The molecule has 0 spiro atoms. The average Bonchev–Trinajstić information content (AvgIpc) is 3.01. The summed E-state index contributed by atoms with van der Waals surface area (Å²) >= 11 is 0. The summed E-state index contributed by atoms with van der Waals surface area (Å²) < 4.78 is 7.33. The number of methoxy groups -OCH3 is 1. The predicted molar refractivity (Wildman–Crippen MR) is 96.3 cm³/mol. The fourth-order valence-corrected chi connectivity index (χ4v) is 3.62. The van der Waals surface area contributed by atoms with Crippen LogP contribution in [0.15, 0.2) is 30.5 Å². The van der Waals surface area contributed by atoms with E-state index in [-0.39, 0.29) is 18.0 Å². The number of benzene rings is 1. The Hall–Kier alpha value is -2.34. The molecule has 1 aromatic heterocycles. The van der Waals surface area contributed by atoms with Gasteiger partial charge in [-0.25, -0.2) is 0 Å². The summed E-state index contributed by atoms with van der Waals surface area (Å²) in [5.74, 6) is 1.06. The molecule has 0 aliphatic carbocycles. The highest BCUT2D eigenvalue weighted by Crippen LogP contribution is 2.31. The number of hydrogen-bond donors (Lipinski definition) is 1. The van der Waals surface area contributed by atoms with Crippen molar-refractivity contribution in [2.75, 3.05) is 14.2 Å². The molecule has 1 N–H and O–H groups in total. The Kier molecular flexibility index (Phi) is 5.08. The third-order valence-corrected chi connectivity index (χ3v) is 5.01. The number of piperidine rings is 1. The van der Waals surface area contributed by atoms with Gasteiger partial charge in [0.1, 0.15) is 5.75 Å². The number of hydrogen-bond acceptors (Lipinski definition) is 4. The zero-order valence-electron chi connectivity index (χ0n) is 15.3. The number of rotatable bonds is 5. The van der Waals surface area contributed by atoms with Crippen LogP contribution in [0, 0.1) is 6.92 Å². The molecule has 0 bridgehead atoms. The summed E-state index contributed by atoms with van der Waals surface area (Å²) in [7, 11) is 5.49. The van der Waals surface area contributed by atoms with E-state index in [0.29, 0.717) is 13.0 Å². The highest BCUT2D eigenvalue weighted by Gasteiger charge is 2.36. The van der Waals surface area contributed by atoms with Crippen LogP contribution in [0.2, 0.25) is 0 Å². The maximum Gasteiger partial charge on any atom is 0.222 e. The molecule has 1 aliphatic rings. The lowest BCUT2D eigenvalue weighted by atomic mass is 9.93. The van der Waals surface area contributed by atoms with Crippen molar-refractivity contribution in [3.63, 3.8) is 0 Å². The molecule has 1 fully saturated rings. The second-order valence-electron chi connectivity index (χ2n) is 6.67. The zero-order valence-corrected chi connectivity index (χ0v) is 15.3. The monoisotopic (exact) mass is 342 g/mol. The maximum absolute atomic E-state index is 12.2. The van der Waals surface area contributed by atoms with Crippen molar-refractivity contribution >= 4 is 5.91 Å². The molecular weight excluding hydrogens is 316 g/mol. The van der Waals surface area contributed by atoms with Crippen molar-refractivity contribution in [2.45, 2.75) is 38.4 Å². The lowest BCUT2D eigenvalue weighted by Gasteiger charge is -2.39. The van der Waals surface area contributed by atoms with Crippen LogP contribution < -0.4 is 10.1 Å². The standard InChI is InChI=1S/C19H26N4O2/c1-13-5-7-17(25-4)14(11-13)12-20-15-6-8-18(24)22(2)19(15)16-9-10-21-23(16)3/h5,7,9-11,15,19-20H,6,8,12H2,1-4H3/t15-,19-/m1/s1. The molecule has 2 atom stereocenters. The van der Waals surface area contributed by atoms with Crippen LogP contribution in [0.4, 0.5) is 0 Å². The predicted octanol–water partition coefficient (Wildman–Crippen LogP) is 2.19. The summed E-state index contributed by atoms with van der Waals surface area (Å²) in [5.41, 5.74) is 3.38. The molecule has 2 aromatic rings.